The minimum absolute atomic E-state index is 1.23. The minimum Gasteiger partial charge on any atom is -0.128 e. The summed E-state index contributed by atoms with van der Waals surface area (Å²) in [4.78, 5) is 0. The number of benzene rings is 1. The Morgan fingerprint density at radius 1 is 0.607 bits per heavy atom. The molecular weight excluding hydrogens is 512 g/mol. The van der Waals surface area contributed by atoms with Crippen molar-refractivity contribution in [2.24, 2.45) is 0 Å². The Morgan fingerprint density at radius 2 is 1.00 bits per heavy atom. The predicted molar refractivity (Wildman–Crippen MR) is 138 cm³/mol. The molecule has 0 aliphatic heterocycles. The highest BCUT2D eigenvalue weighted by molar-refractivity contribution is 9.11. The SMILES string of the molecule is CCCCCCc1c(CCCCCC)c2sc(Br)c(C)c2c2c(C)c(Br)sc12. The van der Waals surface area contributed by atoms with Gasteiger partial charge in [-0.3, -0.25) is 0 Å². The average Bonchev–Trinajstić information content (AvgIpc) is 3.13. The summed E-state index contributed by atoms with van der Waals surface area (Å²) in [7, 11) is 0. The summed E-state index contributed by atoms with van der Waals surface area (Å²) in [5.74, 6) is 0. The number of halogens is 2. The molecule has 3 rings (SSSR count). The van der Waals surface area contributed by atoms with Crippen molar-refractivity contribution in [1.82, 2.24) is 0 Å². The van der Waals surface area contributed by atoms with Gasteiger partial charge in [0.25, 0.3) is 0 Å². The van der Waals surface area contributed by atoms with Crippen molar-refractivity contribution in [1.29, 1.82) is 0 Å². The van der Waals surface area contributed by atoms with Gasteiger partial charge in [-0.1, -0.05) is 52.4 Å². The highest BCUT2D eigenvalue weighted by Gasteiger charge is 2.22. The molecule has 2 heterocycles. The van der Waals surface area contributed by atoms with Crippen molar-refractivity contribution in [3.05, 3.63) is 29.8 Å². The lowest BCUT2D eigenvalue weighted by atomic mass is 9.92. The molecule has 28 heavy (non-hydrogen) atoms. The van der Waals surface area contributed by atoms with Crippen molar-refractivity contribution >= 4 is 74.7 Å². The van der Waals surface area contributed by atoms with Crippen molar-refractivity contribution in [2.45, 2.75) is 91.9 Å². The van der Waals surface area contributed by atoms with Gasteiger partial charge in [0.2, 0.25) is 0 Å². The molecule has 0 N–H and O–H groups in total. The van der Waals surface area contributed by atoms with Crippen LogP contribution >= 0.6 is 54.5 Å². The van der Waals surface area contributed by atoms with Crippen LogP contribution < -0.4 is 0 Å². The lowest BCUT2D eigenvalue weighted by molar-refractivity contribution is 0.654. The predicted octanol–water partition coefficient (Wildman–Crippen LogP) is 10.5. The summed E-state index contributed by atoms with van der Waals surface area (Å²) in [6, 6.07) is 0. The van der Waals surface area contributed by atoms with Gasteiger partial charge in [0.15, 0.2) is 0 Å². The normalized spacial score (nSPS) is 11.9. The maximum atomic E-state index is 3.86. The molecule has 4 heteroatoms. The van der Waals surface area contributed by atoms with Crippen LogP contribution in [0.2, 0.25) is 0 Å². The Balaban J connectivity index is 2.17. The zero-order valence-corrected chi connectivity index (χ0v) is 22.4. The van der Waals surface area contributed by atoms with E-state index >= 15 is 0 Å². The Kier molecular flexibility index (Phi) is 8.47. The molecule has 0 bridgehead atoms. The van der Waals surface area contributed by atoms with E-state index in [9.17, 15) is 0 Å². The highest BCUT2D eigenvalue weighted by atomic mass is 79.9. The van der Waals surface area contributed by atoms with Crippen LogP contribution in [0.15, 0.2) is 7.57 Å². The van der Waals surface area contributed by atoms with Gasteiger partial charge in [0.1, 0.15) is 0 Å². The number of fused-ring (bicyclic) bond motifs is 3. The van der Waals surface area contributed by atoms with Gasteiger partial charge in [-0.25, -0.2) is 0 Å². The number of unbranched alkanes of at least 4 members (excludes halogenated alkanes) is 6. The quantitative estimate of drug-likeness (QED) is 0.223. The standard InChI is InChI=1S/C24H32Br2S2/c1-5-7-9-11-13-17-18(14-12-10-8-6-2)22-20(16(4)24(26)28-22)19-15(3)23(25)27-21(17)19/h5-14H2,1-4H3. The van der Waals surface area contributed by atoms with Crippen LogP contribution in [-0.2, 0) is 12.8 Å². The molecule has 1 aromatic carbocycles. The molecule has 0 fully saturated rings. The molecule has 2 aromatic heterocycles. The van der Waals surface area contributed by atoms with Gasteiger partial charge >= 0.3 is 0 Å². The van der Waals surface area contributed by atoms with E-state index in [4.69, 9.17) is 0 Å². The summed E-state index contributed by atoms with van der Waals surface area (Å²) in [5.41, 5.74) is 6.15. The second-order valence-electron chi connectivity index (χ2n) is 7.99. The molecule has 0 atom stereocenters. The van der Waals surface area contributed by atoms with Crippen molar-refractivity contribution in [3.63, 3.8) is 0 Å². The number of thiophene rings is 2. The summed E-state index contributed by atoms with van der Waals surface area (Å²) >= 11 is 11.7. The van der Waals surface area contributed by atoms with Gasteiger partial charge in [0, 0.05) is 20.2 Å². The first-order valence-electron chi connectivity index (χ1n) is 10.8. The Morgan fingerprint density at radius 3 is 1.36 bits per heavy atom. The fraction of sp³-hybridized carbons (Fsp3) is 0.583. The van der Waals surface area contributed by atoms with E-state index in [1.165, 1.54) is 93.7 Å². The summed E-state index contributed by atoms with van der Waals surface area (Å²) in [5, 5.41) is 3.02. The smallest absolute Gasteiger partial charge is 0.0740 e. The number of hydrogen-bond acceptors (Lipinski definition) is 2. The lowest BCUT2D eigenvalue weighted by Gasteiger charge is -2.14. The highest BCUT2D eigenvalue weighted by Crippen LogP contribution is 2.49. The van der Waals surface area contributed by atoms with Gasteiger partial charge in [-0.05, 0) is 93.6 Å². The number of rotatable bonds is 10. The first-order valence-corrected chi connectivity index (χ1v) is 14.0. The maximum Gasteiger partial charge on any atom is 0.0740 e. The Bertz CT molecular complexity index is 872. The minimum atomic E-state index is 1.23. The third-order valence-corrected chi connectivity index (χ3v) is 10.3. The van der Waals surface area contributed by atoms with Crippen LogP contribution in [0, 0.1) is 13.8 Å². The lowest BCUT2D eigenvalue weighted by Crippen LogP contribution is -1.98. The van der Waals surface area contributed by atoms with Crippen LogP contribution in [0.3, 0.4) is 0 Å². The third-order valence-electron chi connectivity index (χ3n) is 5.90. The monoisotopic (exact) mass is 542 g/mol. The first-order chi connectivity index (χ1) is 13.5. The van der Waals surface area contributed by atoms with Crippen LogP contribution in [0.5, 0.6) is 0 Å². The Hall–Kier alpha value is 0.1000. The first kappa shape index (κ1) is 22.8. The van der Waals surface area contributed by atoms with Crippen molar-refractivity contribution in [2.75, 3.05) is 0 Å². The van der Waals surface area contributed by atoms with E-state index in [1.807, 2.05) is 22.7 Å². The van der Waals surface area contributed by atoms with E-state index in [0.29, 0.717) is 0 Å². The fourth-order valence-corrected chi connectivity index (χ4v) is 7.91. The fourth-order valence-electron chi connectivity index (χ4n) is 4.26. The van der Waals surface area contributed by atoms with Gasteiger partial charge in [0.05, 0.1) is 7.57 Å². The number of aryl methyl sites for hydroxylation is 4. The van der Waals surface area contributed by atoms with Crippen LogP contribution in [-0.4, -0.2) is 0 Å². The molecule has 154 valence electrons. The molecule has 0 spiro atoms. The summed E-state index contributed by atoms with van der Waals surface area (Å²) in [6.45, 7) is 9.18. The van der Waals surface area contributed by atoms with E-state index in [-0.39, 0.29) is 0 Å². The molecule has 0 unspecified atom stereocenters. The zero-order chi connectivity index (χ0) is 20.3. The van der Waals surface area contributed by atoms with Gasteiger partial charge in [-0.15, -0.1) is 22.7 Å². The molecule has 0 saturated carbocycles. The third kappa shape index (κ3) is 4.55. The van der Waals surface area contributed by atoms with Crippen molar-refractivity contribution < 1.29 is 0 Å². The second kappa shape index (κ2) is 10.4. The van der Waals surface area contributed by atoms with E-state index in [2.05, 4.69) is 59.6 Å². The van der Waals surface area contributed by atoms with Gasteiger partial charge in [-0.2, -0.15) is 0 Å². The Labute approximate surface area is 195 Å². The molecule has 0 aliphatic carbocycles. The van der Waals surface area contributed by atoms with Crippen LogP contribution in [0.1, 0.15) is 87.5 Å². The zero-order valence-electron chi connectivity index (χ0n) is 17.6. The second-order valence-corrected chi connectivity index (χ2v) is 12.7. The van der Waals surface area contributed by atoms with Crippen LogP contribution in [0.25, 0.3) is 20.2 Å². The summed E-state index contributed by atoms with van der Waals surface area (Å²) < 4.78 is 5.71. The average molecular weight is 544 g/mol. The molecular formula is C24H32Br2S2. The van der Waals surface area contributed by atoms with Crippen molar-refractivity contribution in [3.8, 4) is 0 Å². The van der Waals surface area contributed by atoms with Gasteiger partial charge < -0.3 is 0 Å². The van der Waals surface area contributed by atoms with Crippen LogP contribution in [0.4, 0.5) is 0 Å². The molecule has 0 nitrogen and oxygen atoms in total. The molecule has 0 amide bonds. The van der Waals surface area contributed by atoms with E-state index in [1.54, 1.807) is 20.5 Å². The van der Waals surface area contributed by atoms with E-state index < -0.39 is 0 Å². The summed E-state index contributed by atoms with van der Waals surface area (Å²) in [6.07, 6.45) is 13.1. The molecule has 0 saturated heterocycles. The molecule has 0 radical (unpaired) electrons. The number of hydrogen-bond donors (Lipinski definition) is 0. The topological polar surface area (TPSA) is 0 Å². The molecule has 0 aliphatic rings. The maximum absolute atomic E-state index is 3.86. The molecule has 3 aromatic rings. The van der Waals surface area contributed by atoms with E-state index in [0.717, 1.165) is 0 Å². The largest absolute Gasteiger partial charge is 0.128 e.